The Labute approximate surface area is 60.0 Å². The van der Waals surface area contributed by atoms with Gasteiger partial charge in [0.25, 0.3) is 5.78 Å². The number of ketones is 1. The third-order valence-electron chi connectivity index (χ3n) is 0.830. The fourth-order valence-corrected chi connectivity index (χ4v) is 0.387. The molecule has 0 unspecified atom stereocenters. The lowest BCUT2D eigenvalue weighted by Gasteiger charge is -1.88. The highest BCUT2D eigenvalue weighted by Gasteiger charge is 1.94. The van der Waals surface area contributed by atoms with Gasteiger partial charge in [0.2, 0.25) is 0 Å². The van der Waals surface area contributed by atoms with Crippen molar-refractivity contribution >= 4 is 12.0 Å². The van der Waals surface area contributed by atoms with Crippen LogP contribution in [0.3, 0.4) is 0 Å². The number of rotatable bonds is 3. The average Bonchev–Trinajstić information content (AvgIpc) is 1.85. The predicted octanol–water partition coefficient (Wildman–Crippen LogP) is 1.07. The molecule has 0 saturated carbocycles. The van der Waals surface area contributed by atoms with Gasteiger partial charge in [-0.05, 0) is 12.0 Å². The minimum atomic E-state index is -0.295. The van der Waals surface area contributed by atoms with Crippen LogP contribution in [-0.4, -0.2) is 16.8 Å². The highest BCUT2D eigenvalue weighted by Crippen LogP contribution is 1.91. The molecule has 0 N–H and O–H groups in total. The van der Waals surface area contributed by atoms with Crippen LogP contribution in [-0.2, 0) is 4.79 Å². The van der Waals surface area contributed by atoms with Gasteiger partial charge in [-0.1, -0.05) is 19.9 Å². The standard InChI is InChI=1S/C7H10N2O/c1-6(2)3-4-7(10)5-9-8/h3-6H,1-2H3/b4-3+. The van der Waals surface area contributed by atoms with Crippen LogP contribution < -0.4 is 0 Å². The molecule has 0 aliphatic heterocycles. The van der Waals surface area contributed by atoms with Crippen LogP contribution in [0, 0.1) is 5.92 Å². The van der Waals surface area contributed by atoms with Gasteiger partial charge in [-0.3, -0.25) is 4.79 Å². The maximum absolute atomic E-state index is 10.6. The van der Waals surface area contributed by atoms with Gasteiger partial charge in [0.15, 0.2) is 0 Å². The second-order valence-electron chi connectivity index (χ2n) is 2.25. The smallest absolute Gasteiger partial charge is 0.327 e. The summed E-state index contributed by atoms with van der Waals surface area (Å²) in [4.78, 5) is 13.1. The molecule has 0 atom stereocenters. The molecule has 0 bridgehead atoms. The molecular formula is C7H10N2O. The van der Waals surface area contributed by atoms with Crippen molar-refractivity contribution in [1.29, 1.82) is 0 Å². The molecule has 0 aromatic carbocycles. The van der Waals surface area contributed by atoms with Gasteiger partial charge >= 0.3 is 6.21 Å². The Morgan fingerprint density at radius 1 is 1.60 bits per heavy atom. The summed E-state index contributed by atoms with van der Waals surface area (Å²) in [5.41, 5.74) is 7.92. The Hall–Kier alpha value is -1.21. The van der Waals surface area contributed by atoms with Gasteiger partial charge in [0, 0.05) is 0 Å². The van der Waals surface area contributed by atoms with Gasteiger partial charge in [-0.2, -0.15) is 4.79 Å². The Morgan fingerprint density at radius 2 is 2.20 bits per heavy atom. The minimum absolute atomic E-state index is 0.295. The van der Waals surface area contributed by atoms with Crippen molar-refractivity contribution in [2.45, 2.75) is 13.8 Å². The third-order valence-corrected chi connectivity index (χ3v) is 0.830. The van der Waals surface area contributed by atoms with Gasteiger partial charge in [-0.25, -0.2) is 0 Å². The number of carbonyl (C=O) groups excluding carboxylic acids is 1. The monoisotopic (exact) mass is 138 g/mol. The zero-order chi connectivity index (χ0) is 7.98. The van der Waals surface area contributed by atoms with Crippen LogP contribution in [0.4, 0.5) is 0 Å². The highest BCUT2D eigenvalue weighted by molar-refractivity contribution is 6.30. The summed E-state index contributed by atoms with van der Waals surface area (Å²) in [7, 11) is 0. The lowest BCUT2D eigenvalue weighted by Crippen LogP contribution is -1.94. The van der Waals surface area contributed by atoms with Crippen LogP contribution in [0.25, 0.3) is 5.53 Å². The predicted molar refractivity (Wildman–Crippen MR) is 38.7 cm³/mol. The molecule has 0 aromatic rings. The fourth-order valence-electron chi connectivity index (χ4n) is 0.387. The molecule has 0 aliphatic rings. The lowest BCUT2D eigenvalue weighted by atomic mass is 10.2. The van der Waals surface area contributed by atoms with E-state index in [0.29, 0.717) is 5.92 Å². The number of carbonyl (C=O) groups is 1. The molecule has 54 valence electrons. The Morgan fingerprint density at radius 3 is 2.60 bits per heavy atom. The number of hydrogen-bond acceptors (Lipinski definition) is 1. The first-order valence-electron chi connectivity index (χ1n) is 3.06. The summed E-state index contributed by atoms with van der Waals surface area (Å²) in [6.45, 7) is 3.92. The van der Waals surface area contributed by atoms with Crippen molar-refractivity contribution in [2.24, 2.45) is 5.92 Å². The molecule has 0 rings (SSSR count). The summed E-state index contributed by atoms with van der Waals surface area (Å²) in [5.74, 6) is 0.0484. The SMILES string of the molecule is CC(C)/C=C/C(=O)C=[N+]=[N-]. The maximum atomic E-state index is 10.6. The van der Waals surface area contributed by atoms with Gasteiger partial charge in [0.1, 0.15) is 0 Å². The van der Waals surface area contributed by atoms with Crippen molar-refractivity contribution in [2.75, 3.05) is 0 Å². The molecule has 0 spiro atoms. The highest BCUT2D eigenvalue weighted by atomic mass is 16.1. The molecule has 3 heteroatoms. The normalized spacial score (nSPS) is 9.90. The number of hydrogen-bond donors (Lipinski definition) is 0. The Bertz CT molecular complexity index is 188. The molecule has 0 aromatic heterocycles. The van der Waals surface area contributed by atoms with E-state index >= 15 is 0 Å². The molecule has 0 radical (unpaired) electrons. The van der Waals surface area contributed by atoms with Crippen LogP contribution in [0.5, 0.6) is 0 Å². The molecule has 0 amide bonds. The van der Waals surface area contributed by atoms with Crippen molar-refractivity contribution in [3.63, 3.8) is 0 Å². The third kappa shape index (κ3) is 4.94. The van der Waals surface area contributed by atoms with E-state index in [1.54, 1.807) is 6.08 Å². The first-order chi connectivity index (χ1) is 4.66. The quantitative estimate of drug-likeness (QED) is 0.249. The zero-order valence-electron chi connectivity index (χ0n) is 6.11. The van der Waals surface area contributed by atoms with E-state index in [1.807, 2.05) is 13.8 Å². The Kier molecular flexibility index (Phi) is 4.09. The molecule has 3 nitrogen and oxygen atoms in total. The topological polar surface area (TPSA) is 53.5 Å². The second-order valence-corrected chi connectivity index (χ2v) is 2.25. The van der Waals surface area contributed by atoms with Crippen LogP contribution in [0.15, 0.2) is 12.2 Å². The number of allylic oxidation sites excluding steroid dienone is 2. The van der Waals surface area contributed by atoms with Gasteiger partial charge in [0.05, 0.1) is 0 Å². The first-order valence-corrected chi connectivity index (χ1v) is 3.06. The summed E-state index contributed by atoms with van der Waals surface area (Å²) in [5, 5.41) is 0. The van der Waals surface area contributed by atoms with Gasteiger partial charge in [-0.15, -0.1) is 0 Å². The van der Waals surface area contributed by atoms with Crippen molar-refractivity contribution in [1.82, 2.24) is 0 Å². The molecule has 10 heavy (non-hydrogen) atoms. The molecule has 0 fully saturated rings. The molecule has 0 heterocycles. The van der Waals surface area contributed by atoms with E-state index in [2.05, 4.69) is 4.79 Å². The lowest BCUT2D eigenvalue weighted by molar-refractivity contribution is -0.111. The average molecular weight is 138 g/mol. The second kappa shape index (κ2) is 4.65. The van der Waals surface area contributed by atoms with Crippen molar-refractivity contribution in [3.8, 4) is 0 Å². The van der Waals surface area contributed by atoms with Crippen LogP contribution in [0.1, 0.15) is 13.8 Å². The summed E-state index contributed by atoms with van der Waals surface area (Å²) >= 11 is 0. The van der Waals surface area contributed by atoms with Crippen molar-refractivity contribution in [3.05, 3.63) is 17.7 Å². The van der Waals surface area contributed by atoms with E-state index < -0.39 is 0 Å². The molecule has 0 aliphatic carbocycles. The summed E-state index contributed by atoms with van der Waals surface area (Å²) in [6, 6.07) is 0. The first kappa shape index (κ1) is 8.79. The van der Waals surface area contributed by atoms with Crippen LogP contribution >= 0.6 is 0 Å². The van der Waals surface area contributed by atoms with E-state index in [9.17, 15) is 4.79 Å². The minimum Gasteiger partial charge on any atom is -0.361 e. The summed E-state index contributed by atoms with van der Waals surface area (Å²) in [6.07, 6.45) is 3.98. The fraction of sp³-hybridized carbons (Fsp3) is 0.429. The molecular weight excluding hydrogens is 128 g/mol. The summed E-state index contributed by atoms with van der Waals surface area (Å²) < 4.78 is 0. The largest absolute Gasteiger partial charge is 0.361 e. The van der Waals surface area contributed by atoms with E-state index in [1.165, 1.54) is 6.08 Å². The van der Waals surface area contributed by atoms with E-state index in [-0.39, 0.29) is 5.78 Å². The van der Waals surface area contributed by atoms with E-state index in [0.717, 1.165) is 6.21 Å². The van der Waals surface area contributed by atoms with Gasteiger partial charge < -0.3 is 5.53 Å². The zero-order valence-corrected chi connectivity index (χ0v) is 6.11. The van der Waals surface area contributed by atoms with Crippen molar-refractivity contribution < 1.29 is 9.58 Å². The van der Waals surface area contributed by atoms with E-state index in [4.69, 9.17) is 5.53 Å². The van der Waals surface area contributed by atoms with Crippen LogP contribution in [0.2, 0.25) is 0 Å². The molecule has 0 saturated heterocycles. The number of nitrogens with zero attached hydrogens (tertiary/aromatic N) is 2. The Balaban J connectivity index is 3.90. The maximum Gasteiger partial charge on any atom is 0.327 e.